The molecule has 0 unspecified atom stereocenters. The minimum absolute atomic E-state index is 0.290. The van der Waals surface area contributed by atoms with Crippen LogP contribution in [0.2, 0.25) is 0 Å². The topological polar surface area (TPSA) is 23.8 Å². The molecule has 92 valence electrons. The summed E-state index contributed by atoms with van der Waals surface area (Å²) in [6.07, 6.45) is 15.8. The van der Waals surface area contributed by atoms with Crippen LogP contribution in [0.5, 0.6) is 0 Å². The van der Waals surface area contributed by atoms with Crippen molar-refractivity contribution < 1.29 is 0 Å². The average Bonchev–Trinajstić information content (AvgIpc) is 2.31. The molecule has 0 aliphatic rings. The number of nitrogens with zero attached hydrogens (tertiary/aromatic N) is 1. The standard InChI is InChI=1S/C14H26NP/c1-3-5-12-16(13-6-4-2)14-10-8-7-9-11-15/h7,9H,3-6,8,10,12-14H2,1-2H3. The summed E-state index contributed by atoms with van der Waals surface area (Å²) in [7, 11) is 0.290. The van der Waals surface area contributed by atoms with Gasteiger partial charge in [-0.25, -0.2) is 0 Å². The highest BCUT2D eigenvalue weighted by atomic mass is 31.1. The van der Waals surface area contributed by atoms with Gasteiger partial charge in [0.15, 0.2) is 0 Å². The van der Waals surface area contributed by atoms with Gasteiger partial charge in [-0.15, -0.1) is 7.92 Å². The van der Waals surface area contributed by atoms with E-state index in [1.54, 1.807) is 6.08 Å². The summed E-state index contributed by atoms with van der Waals surface area (Å²) < 4.78 is 0. The Balaban J connectivity index is 3.64. The molecule has 0 bridgehead atoms. The third-order valence-corrected chi connectivity index (χ3v) is 5.54. The predicted octanol–water partition coefficient (Wildman–Crippen LogP) is 4.93. The van der Waals surface area contributed by atoms with E-state index in [2.05, 4.69) is 13.8 Å². The Hall–Kier alpha value is -0.340. The van der Waals surface area contributed by atoms with Crippen LogP contribution in [0, 0.1) is 11.3 Å². The van der Waals surface area contributed by atoms with E-state index in [0.29, 0.717) is 0 Å². The lowest BCUT2D eigenvalue weighted by Crippen LogP contribution is -1.95. The quantitative estimate of drug-likeness (QED) is 0.301. The molecule has 0 rings (SSSR count). The second-order valence-electron chi connectivity index (χ2n) is 4.22. The van der Waals surface area contributed by atoms with Crippen LogP contribution in [0.3, 0.4) is 0 Å². The summed E-state index contributed by atoms with van der Waals surface area (Å²) in [6.45, 7) is 4.56. The smallest absolute Gasteiger partial charge is 0.0908 e. The normalized spacial score (nSPS) is 11.1. The van der Waals surface area contributed by atoms with E-state index in [9.17, 15) is 0 Å². The summed E-state index contributed by atoms with van der Waals surface area (Å²) in [5.74, 6) is 0. The highest BCUT2D eigenvalue weighted by Crippen LogP contribution is 2.38. The van der Waals surface area contributed by atoms with Crippen LogP contribution in [-0.4, -0.2) is 18.5 Å². The number of unbranched alkanes of at least 4 members (excludes halogenated alkanes) is 3. The summed E-state index contributed by atoms with van der Waals surface area (Å²) in [4.78, 5) is 0. The van der Waals surface area contributed by atoms with Crippen molar-refractivity contribution in [2.24, 2.45) is 0 Å². The third-order valence-electron chi connectivity index (χ3n) is 2.69. The van der Waals surface area contributed by atoms with Crippen LogP contribution in [0.4, 0.5) is 0 Å². The van der Waals surface area contributed by atoms with Crippen LogP contribution < -0.4 is 0 Å². The lowest BCUT2D eigenvalue weighted by Gasteiger charge is -2.16. The SMILES string of the molecule is CCCCP(CCCC)CCCC=CC#N. The molecule has 0 aromatic heterocycles. The molecule has 0 aromatic rings. The van der Waals surface area contributed by atoms with Gasteiger partial charge in [-0.3, -0.25) is 0 Å². The van der Waals surface area contributed by atoms with Crippen LogP contribution in [-0.2, 0) is 0 Å². The Labute approximate surface area is 103 Å². The number of hydrogen-bond donors (Lipinski definition) is 0. The number of nitriles is 1. The molecular weight excluding hydrogens is 213 g/mol. The van der Waals surface area contributed by atoms with Crippen LogP contribution >= 0.6 is 7.92 Å². The van der Waals surface area contributed by atoms with Gasteiger partial charge in [-0.2, -0.15) is 5.26 Å². The molecule has 0 fully saturated rings. The molecule has 0 amide bonds. The van der Waals surface area contributed by atoms with Crippen LogP contribution in [0.1, 0.15) is 52.4 Å². The summed E-state index contributed by atoms with van der Waals surface area (Å²) in [6, 6.07) is 2.05. The lowest BCUT2D eigenvalue weighted by molar-refractivity contribution is 0.858. The third kappa shape index (κ3) is 10.2. The molecular formula is C14H26NP. The zero-order valence-electron chi connectivity index (χ0n) is 10.9. The maximum Gasteiger partial charge on any atom is 0.0908 e. The largest absolute Gasteiger partial charge is 0.193 e. The van der Waals surface area contributed by atoms with Crippen molar-refractivity contribution in [2.75, 3.05) is 18.5 Å². The zero-order valence-corrected chi connectivity index (χ0v) is 11.8. The Bertz CT molecular complexity index is 197. The molecule has 1 nitrogen and oxygen atoms in total. The first-order valence-corrected chi connectivity index (χ1v) is 8.51. The first-order valence-electron chi connectivity index (χ1n) is 6.62. The van der Waals surface area contributed by atoms with E-state index in [-0.39, 0.29) is 7.92 Å². The van der Waals surface area contributed by atoms with E-state index < -0.39 is 0 Å². The van der Waals surface area contributed by atoms with Crippen molar-refractivity contribution in [1.82, 2.24) is 0 Å². The monoisotopic (exact) mass is 239 g/mol. The van der Waals surface area contributed by atoms with Crippen LogP contribution in [0.15, 0.2) is 12.2 Å². The molecule has 0 saturated carbocycles. The molecule has 0 aliphatic heterocycles. The number of hydrogen-bond acceptors (Lipinski definition) is 1. The molecule has 0 saturated heterocycles. The maximum absolute atomic E-state index is 8.37. The summed E-state index contributed by atoms with van der Waals surface area (Å²) in [5.41, 5.74) is 0. The molecule has 0 atom stereocenters. The maximum atomic E-state index is 8.37. The van der Waals surface area contributed by atoms with E-state index in [0.717, 1.165) is 6.42 Å². The second-order valence-corrected chi connectivity index (χ2v) is 6.91. The van der Waals surface area contributed by atoms with Gasteiger partial charge in [0.05, 0.1) is 6.07 Å². The van der Waals surface area contributed by atoms with Crippen molar-refractivity contribution in [2.45, 2.75) is 52.4 Å². The van der Waals surface area contributed by atoms with Gasteiger partial charge >= 0.3 is 0 Å². The molecule has 0 spiro atoms. The Morgan fingerprint density at radius 1 is 1.00 bits per heavy atom. The Kier molecular flexibility index (Phi) is 12.5. The molecule has 0 aliphatic carbocycles. The van der Waals surface area contributed by atoms with Crippen molar-refractivity contribution in [3.05, 3.63) is 12.2 Å². The minimum Gasteiger partial charge on any atom is -0.193 e. The molecule has 2 heteroatoms. The van der Waals surface area contributed by atoms with E-state index >= 15 is 0 Å². The van der Waals surface area contributed by atoms with Crippen molar-refractivity contribution in [1.29, 1.82) is 5.26 Å². The first-order chi connectivity index (χ1) is 7.85. The van der Waals surface area contributed by atoms with Gasteiger partial charge in [0.2, 0.25) is 0 Å². The molecule has 0 N–H and O–H groups in total. The Morgan fingerprint density at radius 3 is 2.06 bits per heavy atom. The van der Waals surface area contributed by atoms with Gasteiger partial charge in [0.25, 0.3) is 0 Å². The molecule has 0 heterocycles. The van der Waals surface area contributed by atoms with Gasteiger partial charge in [-0.05, 0) is 44.2 Å². The number of allylic oxidation sites excluding steroid dienone is 2. The first kappa shape index (κ1) is 15.7. The fourth-order valence-electron chi connectivity index (χ4n) is 1.67. The fraction of sp³-hybridized carbons (Fsp3) is 0.786. The highest BCUT2D eigenvalue weighted by Gasteiger charge is 2.05. The fourth-order valence-corrected chi connectivity index (χ4v) is 4.50. The van der Waals surface area contributed by atoms with E-state index in [1.807, 2.05) is 12.1 Å². The summed E-state index contributed by atoms with van der Waals surface area (Å²) >= 11 is 0. The lowest BCUT2D eigenvalue weighted by atomic mass is 10.3. The van der Waals surface area contributed by atoms with Crippen molar-refractivity contribution >= 4 is 7.92 Å². The minimum atomic E-state index is 0.290. The molecule has 0 aromatic carbocycles. The summed E-state index contributed by atoms with van der Waals surface area (Å²) in [5, 5.41) is 8.37. The van der Waals surface area contributed by atoms with E-state index in [1.165, 1.54) is 50.6 Å². The van der Waals surface area contributed by atoms with Gasteiger partial charge < -0.3 is 0 Å². The molecule has 16 heavy (non-hydrogen) atoms. The van der Waals surface area contributed by atoms with Gasteiger partial charge in [0, 0.05) is 6.08 Å². The predicted molar refractivity (Wildman–Crippen MR) is 75.3 cm³/mol. The zero-order chi connectivity index (χ0) is 12.1. The molecule has 0 radical (unpaired) electrons. The highest BCUT2D eigenvalue weighted by molar-refractivity contribution is 7.57. The van der Waals surface area contributed by atoms with Crippen LogP contribution in [0.25, 0.3) is 0 Å². The van der Waals surface area contributed by atoms with Gasteiger partial charge in [0.1, 0.15) is 0 Å². The Morgan fingerprint density at radius 2 is 1.56 bits per heavy atom. The average molecular weight is 239 g/mol. The van der Waals surface area contributed by atoms with E-state index in [4.69, 9.17) is 5.26 Å². The van der Waals surface area contributed by atoms with Crippen molar-refractivity contribution in [3.8, 4) is 6.07 Å². The second kappa shape index (κ2) is 12.7. The van der Waals surface area contributed by atoms with Gasteiger partial charge in [-0.1, -0.05) is 32.8 Å². The number of rotatable bonds is 10. The van der Waals surface area contributed by atoms with Crippen molar-refractivity contribution in [3.63, 3.8) is 0 Å².